The average molecular weight is 238 g/mol. The molecule has 4 nitrogen and oxygen atoms in total. The van der Waals surface area contributed by atoms with Crippen molar-refractivity contribution in [2.24, 2.45) is 5.73 Å². The smallest absolute Gasteiger partial charge is 0.261 e. The molecule has 0 aliphatic carbocycles. The minimum atomic E-state index is -2.49. The molecule has 96 valence electrons. The van der Waals surface area contributed by atoms with Crippen molar-refractivity contribution in [2.45, 2.75) is 32.7 Å². The van der Waals surface area contributed by atoms with Crippen molar-refractivity contribution in [3.63, 3.8) is 0 Å². The van der Waals surface area contributed by atoms with Crippen LogP contribution in [0.5, 0.6) is 0 Å². The van der Waals surface area contributed by atoms with Gasteiger partial charge < -0.3 is 15.4 Å². The number of ether oxygens (including phenoxy) is 1. The predicted octanol–water partition coefficient (Wildman–Crippen LogP) is 0.854. The van der Waals surface area contributed by atoms with Crippen LogP contribution in [-0.2, 0) is 9.53 Å². The number of carbonyl (C=O) groups is 1. The van der Waals surface area contributed by atoms with Gasteiger partial charge in [0.25, 0.3) is 6.43 Å². The second-order valence-electron chi connectivity index (χ2n) is 3.69. The number of halogens is 2. The lowest BCUT2D eigenvalue weighted by atomic mass is 10.2. The molecule has 0 aromatic rings. The highest BCUT2D eigenvalue weighted by Crippen LogP contribution is 2.02. The fourth-order valence-electron chi connectivity index (χ4n) is 1.29. The monoisotopic (exact) mass is 238 g/mol. The molecule has 0 radical (unpaired) electrons. The molecule has 0 saturated heterocycles. The number of amides is 1. The summed E-state index contributed by atoms with van der Waals surface area (Å²) in [7, 11) is 0. The Hall–Kier alpha value is -0.750. The second kappa shape index (κ2) is 8.41. The molecule has 0 spiro atoms. The third-order valence-corrected chi connectivity index (χ3v) is 2.02. The number of rotatable bonds is 8. The van der Waals surface area contributed by atoms with E-state index in [-0.39, 0.29) is 25.0 Å². The highest BCUT2D eigenvalue weighted by atomic mass is 19.3. The molecule has 0 atom stereocenters. The second-order valence-corrected chi connectivity index (χ2v) is 3.69. The lowest BCUT2D eigenvalue weighted by molar-refractivity contribution is -0.134. The summed E-state index contributed by atoms with van der Waals surface area (Å²) in [6.45, 7) is 4.04. The first kappa shape index (κ1) is 15.2. The molecule has 6 heteroatoms. The van der Waals surface area contributed by atoms with Crippen LogP contribution < -0.4 is 5.73 Å². The van der Waals surface area contributed by atoms with Gasteiger partial charge in [-0.1, -0.05) is 0 Å². The molecule has 0 aliphatic heterocycles. The maximum atomic E-state index is 11.7. The number of carbonyl (C=O) groups excluding carboxylic acids is 1. The van der Waals surface area contributed by atoms with Crippen molar-refractivity contribution in [1.82, 2.24) is 4.90 Å². The van der Waals surface area contributed by atoms with Gasteiger partial charge in [-0.2, -0.15) is 0 Å². The molecule has 0 rings (SSSR count). The van der Waals surface area contributed by atoms with Gasteiger partial charge in [-0.3, -0.25) is 4.79 Å². The standard InChI is InChI=1S/C10H20F2N2O2/c1-8(2)14(5-4-13)10(15)3-6-16-7-9(11)12/h8-9H,3-7,13H2,1-2H3. The molecule has 0 saturated carbocycles. The molecule has 0 unspecified atom stereocenters. The molecular formula is C10H20F2N2O2. The first-order valence-electron chi connectivity index (χ1n) is 5.34. The molecule has 16 heavy (non-hydrogen) atoms. The number of hydrogen-bond acceptors (Lipinski definition) is 3. The third-order valence-electron chi connectivity index (χ3n) is 2.02. The summed E-state index contributed by atoms with van der Waals surface area (Å²) in [4.78, 5) is 13.2. The van der Waals surface area contributed by atoms with E-state index in [0.29, 0.717) is 13.1 Å². The van der Waals surface area contributed by atoms with Gasteiger partial charge in [0.2, 0.25) is 5.91 Å². The Morgan fingerprint density at radius 1 is 1.44 bits per heavy atom. The van der Waals surface area contributed by atoms with Gasteiger partial charge in [-0.15, -0.1) is 0 Å². The molecule has 0 aliphatic rings. The van der Waals surface area contributed by atoms with E-state index in [1.165, 1.54) is 0 Å². The van der Waals surface area contributed by atoms with Gasteiger partial charge in [0.15, 0.2) is 0 Å². The molecule has 0 heterocycles. The fourth-order valence-corrected chi connectivity index (χ4v) is 1.29. The molecule has 2 N–H and O–H groups in total. The Labute approximate surface area is 94.7 Å². The molecule has 0 aromatic carbocycles. The maximum absolute atomic E-state index is 11.7. The summed E-state index contributed by atoms with van der Waals surface area (Å²) >= 11 is 0. The van der Waals surface area contributed by atoms with Crippen LogP contribution in [0.25, 0.3) is 0 Å². The highest BCUT2D eigenvalue weighted by Gasteiger charge is 2.15. The number of nitrogens with zero attached hydrogens (tertiary/aromatic N) is 1. The van der Waals surface area contributed by atoms with E-state index in [0.717, 1.165) is 0 Å². The first-order valence-corrected chi connectivity index (χ1v) is 5.34. The largest absolute Gasteiger partial charge is 0.375 e. The van der Waals surface area contributed by atoms with Crippen LogP contribution in [0.15, 0.2) is 0 Å². The van der Waals surface area contributed by atoms with Crippen molar-refractivity contribution < 1.29 is 18.3 Å². The van der Waals surface area contributed by atoms with E-state index in [9.17, 15) is 13.6 Å². The Bertz CT molecular complexity index is 201. The van der Waals surface area contributed by atoms with Crippen molar-refractivity contribution in [2.75, 3.05) is 26.3 Å². The van der Waals surface area contributed by atoms with Gasteiger partial charge in [0.05, 0.1) is 13.0 Å². The SMILES string of the molecule is CC(C)N(CCN)C(=O)CCOCC(F)F. The van der Waals surface area contributed by atoms with Crippen molar-refractivity contribution in [3.8, 4) is 0 Å². The minimum Gasteiger partial charge on any atom is -0.375 e. The van der Waals surface area contributed by atoms with Crippen LogP contribution in [0.2, 0.25) is 0 Å². The van der Waals surface area contributed by atoms with Crippen LogP contribution in [0.3, 0.4) is 0 Å². The lowest BCUT2D eigenvalue weighted by Gasteiger charge is -2.26. The number of nitrogens with two attached hydrogens (primary N) is 1. The summed E-state index contributed by atoms with van der Waals surface area (Å²) in [6.07, 6.45) is -2.37. The van der Waals surface area contributed by atoms with E-state index < -0.39 is 13.0 Å². The highest BCUT2D eigenvalue weighted by molar-refractivity contribution is 5.76. The summed E-state index contributed by atoms with van der Waals surface area (Å²) < 4.78 is 28.1. The van der Waals surface area contributed by atoms with Crippen LogP contribution >= 0.6 is 0 Å². The van der Waals surface area contributed by atoms with E-state index in [1.54, 1.807) is 4.90 Å². The number of hydrogen-bond donors (Lipinski definition) is 1. The van der Waals surface area contributed by atoms with Gasteiger partial charge >= 0.3 is 0 Å². The van der Waals surface area contributed by atoms with E-state index >= 15 is 0 Å². The van der Waals surface area contributed by atoms with Crippen molar-refractivity contribution in [3.05, 3.63) is 0 Å². The molecule has 0 bridgehead atoms. The third kappa shape index (κ3) is 6.68. The van der Waals surface area contributed by atoms with E-state index in [2.05, 4.69) is 4.74 Å². The zero-order valence-corrected chi connectivity index (χ0v) is 9.79. The molecule has 1 amide bonds. The molecule has 0 aromatic heterocycles. The predicted molar refractivity (Wildman–Crippen MR) is 57.3 cm³/mol. The maximum Gasteiger partial charge on any atom is 0.261 e. The van der Waals surface area contributed by atoms with Crippen molar-refractivity contribution in [1.29, 1.82) is 0 Å². The topological polar surface area (TPSA) is 55.6 Å². The molecule has 0 fully saturated rings. The van der Waals surface area contributed by atoms with Crippen LogP contribution in [0.4, 0.5) is 8.78 Å². The molecular weight excluding hydrogens is 218 g/mol. The fraction of sp³-hybridized carbons (Fsp3) is 0.900. The first-order chi connectivity index (χ1) is 7.49. The zero-order chi connectivity index (χ0) is 12.6. The Kier molecular flexibility index (Phi) is 8.01. The van der Waals surface area contributed by atoms with Gasteiger partial charge in [0, 0.05) is 19.1 Å². The van der Waals surface area contributed by atoms with Gasteiger partial charge in [-0.25, -0.2) is 8.78 Å². The summed E-state index contributed by atoms with van der Waals surface area (Å²) in [5.41, 5.74) is 5.38. The lowest BCUT2D eigenvalue weighted by Crippen LogP contribution is -2.40. The van der Waals surface area contributed by atoms with Gasteiger partial charge in [0.1, 0.15) is 6.61 Å². The van der Waals surface area contributed by atoms with Crippen molar-refractivity contribution >= 4 is 5.91 Å². The summed E-state index contributed by atoms with van der Waals surface area (Å²) in [6, 6.07) is 0.0612. The van der Waals surface area contributed by atoms with Crippen LogP contribution in [0, 0.1) is 0 Å². The van der Waals surface area contributed by atoms with Crippen LogP contribution in [0.1, 0.15) is 20.3 Å². The zero-order valence-electron chi connectivity index (χ0n) is 9.79. The Balaban J connectivity index is 3.83. The summed E-state index contributed by atoms with van der Waals surface area (Å²) in [5.74, 6) is -0.116. The quantitative estimate of drug-likeness (QED) is 0.638. The average Bonchev–Trinajstić information content (AvgIpc) is 2.19. The van der Waals surface area contributed by atoms with Gasteiger partial charge in [-0.05, 0) is 13.8 Å². The Morgan fingerprint density at radius 2 is 2.06 bits per heavy atom. The van der Waals surface area contributed by atoms with Crippen LogP contribution in [-0.4, -0.2) is 49.6 Å². The minimum absolute atomic E-state index is 0.0248. The number of alkyl halides is 2. The normalized spacial score (nSPS) is 11.2. The Morgan fingerprint density at radius 3 is 2.50 bits per heavy atom. The summed E-state index contributed by atoms with van der Waals surface area (Å²) in [5, 5.41) is 0. The van der Waals surface area contributed by atoms with E-state index in [1.807, 2.05) is 13.8 Å². The van der Waals surface area contributed by atoms with E-state index in [4.69, 9.17) is 5.73 Å².